The largest absolute Gasteiger partial charge is 0.316 e. The lowest BCUT2D eigenvalue weighted by Crippen LogP contribution is -2.35. The molecule has 1 aromatic carbocycles. The zero-order valence-electron chi connectivity index (χ0n) is 10.5. The molecular formula is C11H15F3N2O2S. The van der Waals surface area contributed by atoms with Crippen molar-refractivity contribution < 1.29 is 21.6 Å². The highest BCUT2D eigenvalue weighted by atomic mass is 32.2. The van der Waals surface area contributed by atoms with Gasteiger partial charge in [0.15, 0.2) is 11.6 Å². The Hall–Kier alpha value is -1.28. The van der Waals surface area contributed by atoms with Gasteiger partial charge in [0.05, 0.1) is 5.25 Å². The van der Waals surface area contributed by atoms with E-state index < -0.39 is 38.4 Å². The summed E-state index contributed by atoms with van der Waals surface area (Å²) in [6.07, 6.45) is 0. The highest BCUT2D eigenvalue weighted by molar-refractivity contribution is 7.93. The molecule has 0 saturated carbocycles. The quantitative estimate of drug-likeness (QED) is 0.842. The molecule has 1 rings (SSSR count). The number of benzene rings is 1. The minimum atomic E-state index is -3.96. The van der Waals surface area contributed by atoms with Crippen LogP contribution in [0.25, 0.3) is 0 Å². The number of halogens is 3. The number of nitrogens with one attached hydrogen (secondary N) is 2. The second kappa shape index (κ2) is 6.25. The Kier molecular flexibility index (Phi) is 5.19. The van der Waals surface area contributed by atoms with E-state index >= 15 is 0 Å². The second-order valence-corrected chi connectivity index (χ2v) is 6.11. The van der Waals surface area contributed by atoms with Crippen LogP contribution in [0.5, 0.6) is 0 Å². The molecule has 0 saturated heterocycles. The highest BCUT2D eigenvalue weighted by Gasteiger charge is 2.23. The predicted octanol–water partition coefficient (Wildman–Crippen LogP) is 1.84. The summed E-state index contributed by atoms with van der Waals surface area (Å²) in [5.41, 5.74) is -0.871. The molecule has 0 amide bonds. The van der Waals surface area contributed by atoms with Crippen molar-refractivity contribution in [2.45, 2.75) is 19.1 Å². The van der Waals surface area contributed by atoms with Gasteiger partial charge in [0.2, 0.25) is 10.0 Å². The van der Waals surface area contributed by atoms with Gasteiger partial charge in [-0.05, 0) is 13.5 Å². The molecular weight excluding hydrogens is 281 g/mol. The molecule has 0 aromatic heterocycles. The Labute approximate surface area is 110 Å². The third-order valence-corrected chi connectivity index (χ3v) is 4.18. The molecule has 8 heteroatoms. The number of rotatable bonds is 6. The van der Waals surface area contributed by atoms with Gasteiger partial charge in [-0.25, -0.2) is 21.6 Å². The Morgan fingerprint density at radius 1 is 1.21 bits per heavy atom. The first-order chi connectivity index (χ1) is 8.77. The van der Waals surface area contributed by atoms with Gasteiger partial charge in [-0.2, -0.15) is 0 Å². The van der Waals surface area contributed by atoms with Crippen LogP contribution < -0.4 is 10.0 Å². The lowest BCUT2D eigenvalue weighted by molar-refractivity contribution is 0.546. The fourth-order valence-corrected chi connectivity index (χ4v) is 2.36. The third kappa shape index (κ3) is 4.10. The van der Waals surface area contributed by atoms with Crippen LogP contribution in [0.1, 0.15) is 13.8 Å². The first-order valence-electron chi connectivity index (χ1n) is 5.64. The summed E-state index contributed by atoms with van der Waals surface area (Å²) in [6, 6.07) is 0.825. The average molecular weight is 296 g/mol. The zero-order valence-corrected chi connectivity index (χ0v) is 11.3. The first-order valence-corrected chi connectivity index (χ1v) is 7.19. The van der Waals surface area contributed by atoms with Crippen molar-refractivity contribution in [1.29, 1.82) is 0 Å². The molecule has 4 nitrogen and oxygen atoms in total. The van der Waals surface area contributed by atoms with Crippen LogP contribution >= 0.6 is 0 Å². The normalized spacial score (nSPS) is 13.3. The van der Waals surface area contributed by atoms with E-state index in [1.165, 1.54) is 6.92 Å². The summed E-state index contributed by atoms with van der Waals surface area (Å²) in [5.74, 6) is -3.70. The van der Waals surface area contributed by atoms with Crippen LogP contribution in [0.15, 0.2) is 12.1 Å². The van der Waals surface area contributed by atoms with Crippen molar-refractivity contribution in [3.8, 4) is 0 Å². The molecule has 0 radical (unpaired) electrons. The maximum absolute atomic E-state index is 13.3. The van der Waals surface area contributed by atoms with Gasteiger partial charge in [-0.3, -0.25) is 4.72 Å². The SMILES string of the molecule is CCNCC(C)S(=O)(=O)Nc1c(F)cc(F)cc1F. The van der Waals surface area contributed by atoms with Crippen LogP contribution in [-0.2, 0) is 10.0 Å². The van der Waals surface area contributed by atoms with Gasteiger partial charge < -0.3 is 5.32 Å². The molecule has 0 aliphatic rings. The highest BCUT2D eigenvalue weighted by Crippen LogP contribution is 2.22. The van der Waals surface area contributed by atoms with E-state index in [4.69, 9.17) is 0 Å². The van der Waals surface area contributed by atoms with Crippen molar-refractivity contribution >= 4 is 15.7 Å². The van der Waals surface area contributed by atoms with Crippen LogP contribution in [0.4, 0.5) is 18.9 Å². The van der Waals surface area contributed by atoms with E-state index in [9.17, 15) is 21.6 Å². The Bertz CT molecular complexity index is 526. The van der Waals surface area contributed by atoms with Crippen molar-refractivity contribution in [2.75, 3.05) is 17.8 Å². The summed E-state index contributed by atoms with van der Waals surface area (Å²) in [4.78, 5) is 0. The molecule has 1 unspecified atom stereocenters. The van der Waals surface area contributed by atoms with Crippen LogP contribution in [-0.4, -0.2) is 26.8 Å². The zero-order chi connectivity index (χ0) is 14.6. The van der Waals surface area contributed by atoms with Gasteiger partial charge in [0, 0.05) is 18.7 Å². The second-order valence-electron chi connectivity index (χ2n) is 4.01. The number of hydrogen-bond acceptors (Lipinski definition) is 3. The molecule has 1 atom stereocenters. The van der Waals surface area contributed by atoms with E-state index in [1.54, 1.807) is 11.6 Å². The van der Waals surface area contributed by atoms with Crippen molar-refractivity contribution in [3.05, 3.63) is 29.6 Å². The molecule has 0 aliphatic carbocycles. The third-order valence-electron chi connectivity index (χ3n) is 2.46. The summed E-state index contributed by atoms with van der Waals surface area (Å²) in [7, 11) is -3.96. The molecule has 2 N–H and O–H groups in total. The molecule has 0 bridgehead atoms. The Morgan fingerprint density at radius 2 is 1.74 bits per heavy atom. The van der Waals surface area contributed by atoms with E-state index in [-0.39, 0.29) is 6.54 Å². The van der Waals surface area contributed by atoms with Crippen molar-refractivity contribution in [2.24, 2.45) is 0 Å². The maximum Gasteiger partial charge on any atom is 0.236 e. The summed E-state index contributed by atoms with van der Waals surface area (Å²) in [5, 5.41) is 1.92. The Balaban J connectivity index is 2.96. The lowest BCUT2D eigenvalue weighted by Gasteiger charge is -2.15. The minimum absolute atomic E-state index is 0.135. The molecule has 1 aromatic rings. The summed E-state index contributed by atoms with van der Waals surface area (Å²) >= 11 is 0. The number of anilines is 1. The van der Waals surface area contributed by atoms with Crippen LogP contribution in [0.2, 0.25) is 0 Å². The van der Waals surface area contributed by atoms with Gasteiger partial charge in [-0.1, -0.05) is 6.92 Å². The summed E-state index contributed by atoms with van der Waals surface area (Å²) < 4.78 is 64.8. The van der Waals surface area contributed by atoms with Crippen molar-refractivity contribution in [3.63, 3.8) is 0 Å². The average Bonchev–Trinajstić information content (AvgIpc) is 2.30. The smallest absolute Gasteiger partial charge is 0.236 e. The lowest BCUT2D eigenvalue weighted by atomic mass is 10.3. The number of hydrogen-bond donors (Lipinski definition) is 2. The molecule has 0 heterocycles. The van der Waals surface area contributed by atoms with E-state index in [1.807, 2.05) is 0 Å². The Morgan fingerprint density at radius 3 is 2.21 bits per heavy atom. The van der Waals surface area contributed by atoms with Gasteiger partial charge in [-0.15, -0.1) is 0 Å². The molecule has 0 aliphatic heterocycles. The summed E-state index contributed by atoms with van der Waals surface area (Å²) in [6.45, 7) is 3.89. The fraction of sp³-hybridized carbons (Fsp3) is 0.455. The van der Waals surface area contributed by atoms with Gasteiger partial charge in [0.25, 0.3) is 0 Å². The first kappa shape index (κ1) is 15.8. The minimum Gasteiger partial charge on any atom is -0.316 e. The predicted molar refractivity (Wildman–Crippen MR) is 66.9 cm³/mol. The van der Waals surface area contributed by atoms with Gasteiger partial charge >= 0.3 is 0 Å². The van der Waals surface area contributed by atoms with Crippen LogP contribution in [0, 0.1) is 17.5 Å². The van der Waals surface area contributed by atoms with E-state index in [2.05, 4.69) is 5.32 Å². The maximum atomic E-state index is 13.3. The van der Waals surface area contributed by atoms with E-state index in [0.29, 0.717) is 18.7 Å². The fourth-order valence-electron chi connectivity index (χ4n) is 1.34. The topological polar surface area (TPSA) is 58.2 Å². The molecule has 0 spiro atoms. The molecule has 0 fully saturated rings. The van der Waals surface area contributed by atoms with Crippen molar-refractivity contribution in [1.82, 2.24) is 5.32 Å². The molecule has 108 valence electrons. The number of sulfonamides is 1. The molecule has 19 heavy (non-hydrogen) atoms. The van der Waals surface area contributed by atoms with Gasteiger partial charge in [0.1, 0.15) is 11.5 Å². The monoisotopic (exact) mass is 296 g/mol. The van der Waals surface area contributed by atoms with Crippen LogP contribution in [0.3, 0.4) is 0 Å². The standard InChI is InChI=1S/C11H15F3N2O2S/c1-3-15-6-7(2)19(17,18)16-11-9(13)4-8(12)5-10(11)14/h4-5,7,15-16H,3,6H2,1-2H3. The van der Waals surface area contributed by atoms with E-state index in [0.717, 1.165) is 0 Å².